The molecule has 0 bridgehead atoms. The number of anilines is 1. The zero-order valence-corrected chi connectivity index (χ0v) is 13.3. The van der Waals surface area contributed by atoms with E-state index in [0.717, 1.165) is 12.2 Å². The summed E-state index contributed by atoms with van der Waals surface area (Å²) in [7, 11) is 1.48. The van der Waals surface area contributed by atoms with Gasteiger partial charge in [-0.05, 0) is 24.6 Å². The molecular weight excluding hydrogens is 310 g/mol. The third-order valence-electron chi connectivity index (χ3n) is 3.33. The molecule has 0 radical (unpaired) electrons. The molecule has 126 valence electrons. The number of para-hydroxylation sites is 1. The van der Waals surface area contributed by atoms with Gasteiger partial charge in [0.15, 0.2) is 0 Å². The fourth-order valence-electron chi connectivity index (χ4n) is 2.12. The van der Waals surface area contributed by atoms with E-state index < -0.39 is 4.92 Å². The molecule has 0 aromatic heterocycles. The lowest BCUT2D eigenvalue weighted by Gasteiger charge is -2.11. The van der Waals surface area contributed by atoms with Crippen LogP contribution in [0.25, 0.3) is 0 Å². The second-order valence-corrected chi connectivity index (χ2v) is 5.01. The van der Waals surface area contributed by atoms with E-state index in [-0.39, 0.29) is 17.2 Å². The molecule has 0 aliphatic heterocycles. The lowest BCUT2D eigenvalue weighted by molar-refractivity contribution is -0.384. The first-order valence-electron chi connectivity index (χ1n) is 7.54. The normalized spacial score (nSPS) is 10.0. The maximum absolute atomic E-state index is 11.9. The first kappa shape index (κ1) is 17.3. The fraction of sp³-hybridized carbons (Fsp3) is 0.235. The van der Waals surface area contributed by atoms with Gasteiger partial charge in [0, 0.05) is 31.4 Å². The van der Waals surface area contributed by atoms with Crippen molar-refractivity contribution >= 4 is 17.3 Å². The standard InChI is InChI=1S/C17H19N3O4/c1-18-17(21)15-12-13(20(22)23)8-9-16(15)19-10-5-11-24-14-6-3-2-4-7-14/h2-4,6-9,12,19H,5,10-11H2,1H3,(H,18,21). The Morgan fingerprint density at radius 2 is 1.96 bits per heavy atom. The van der Waals surface area contributed by atoms with Crippen molar-refractivity contribution in [3.63, 3.8) is 0 Å². The Kier molecular flexibility index (Phi) is 6.13. The van der Waals surface area contributed by atoms with Crippen LogP contribution >= 0.6 is 0 Å². The van der Waals surface area contributed by atoms with E-state index in [9.17, 15) is 14.9 Å². The van der Waals surface area contributed by atoms with E-state index in [2.05, 4.69) is 10.6 Å². The smallest absolute Gasteiger partial charge is 0.270 e. The van der Waals surface area contributed by atoms with Crippen LogP contribution < -0.4 is 15.4 Å². The van der Waals surface area contributed by atoms with Gasteiger partial charge >= 0.3 is 0 Å². The Balaban J connectivity index is 1.91. The lowest BCUT2D eigenvalue weighted by Crippen LogP contribution is -2.20. The third kappa shape index (κ3) is 4.70. The first-order valence-corrected chi connectivity index (χ1v) is 7.54. The summed E-state index contributed by atoms with van der Waals surface area (Å²) in [6.07, 6.45) is 0.721. The molecule has 0 heterocycles. The van der Waals surface area contributed by atoms with Crippen LogP contribution in [-0.4, -0.2) is 31.0 Å². The minimum absolute atomic E-state index is 0.119. The van der Waals surface area contributed by atoms with Crippen molar-refractivity contribution < 1.29 is 14.5 Å². The molecule has 7 heteroatoms. The molecule has 0 aliphatic carbocycles. The van der Waals surface area contributed by atoms with Crippen LogP contribution in [-0.2, 0) is 0 Å². The van der Waals surface area contributed by atoms with Gasteiger partial charge in [0.25, 0.3) is 11.6 Å². The summed E-state index contributed by atoms with van der Waals surface area (Å²) in [6, 6.07) is 13.7. The van der Waals surface area contributed by atoms with Crippen molar-refractivity contribution in [1.29, 1.82) is 0 Å². The van der Waals surface area contributed by atoms with Crippen LogP contribution in [0.3, 0.4) is 0 Å². The number of hydrogen-bond donors (Lipinski definition) is 2. The van der Waals surface area contributed by atoms with Crippen LogP contribution in [0.15, 0.2) is 48.5 Å². The summed E-state index contributed by atoms with van der Waals surface area (Å²) in [5, 5.41) is 16.4. The Hall–Kier alpha value is -3.09. The zero-order chi connectivity index (χ0) is 17.4. The number of nitro benzene ring substituents is 1. The van der Waals surface area contributed by atoms with Crippen molar-refractivity contribution in [2.75, 3.05) is 25.5 Å². The van der Waals surface area contributed by atoms with Crippen LogP contribution in [0.5, 0.6) is 5.75 Å². The number of amides is 1. The maximum atomic E-state index is 11.9. The van der Waals surface area contributed by atoms with E-state index in [1.807, 2.05) is 30.3 Å². The summed E-state index contributed by atoms with van der Waals surface area (Å²) >= 11 is 0. The molecule has 0 saturated carbocycles. The molecular formula is C17H19N3O4. The van der Waals surface area contributed by atoms with E-state index in [1.165, 1.54) is 19.2 Å². The molecule has 2 aromatic rings. The molecule has 2 N–H and O–H groups in total. The minimum atomic E-state index is -0.524. The Morgan fingerprint density at radius 1 is 1.21 bits per heavy atom. The molecule has 0 spiro atoms. The molecule has 2 aromatic carbocycles. The second-order valence-electron chi connectivity index (χ2n) is 5.01. The molecule has 0 saturated heterocycles. The maximum Gasteiger partial charge on any atom is 0.270 e. The van der Waals surface area contributed by atoms with Gasteiger partial charge in [0.2, 0.25) is 0 Å². The topological polar surface area (TPSA) is 93.5 Å². The van der Waals surface area contributed by atoms with Crippen molar-refractivity contribution in [3.8, 4) is 5.75 Å². The number of nitrogens with zero attached hydrogens (tertiary/aromatic N) is 1. The first-order chi connectivity index (χ1) is 11.6. The van der Waals surface area contributed by atoms with Crippen molar-refractivity contribution in [1.82, 2.24) is 5.32 Å². The Labute approximate surface area is 139 Å². The highest BCUT2D eigenvalue weighted by Gasteiger charge is 2.15. The molecule has 24 heavy (non-hydrogen) atoms. The van der Waals surface area contributed by atoms with Crippen molar-refractivity contribution in [3.05, 3.63) is 64.2 Å². The highest BCUT2D eigenvalue weighted by Crippen LogP contribution is 2.22. The number of non-ortho nitro benzene ring substituents is 1. The quantitative estimate of drug-likeness (QED) is 0.441. The average molecular weight is 329 g/mol. The van der Waals surface area contributed by atoms with Gasteiger partial charge in [-0.15, -0.1) is 0 Å². The summed E-state index contributed by atoms with van der Waals surface area (Å²) in [4.78, 5) is 22.2. The van der Waals surface area contributed by atoms with Crippen LogP contribution in [0.4, 0.5) is 11.4 Å². The van der Waals surface area contributed by atoms with Gasteiger partial charge in [-0.2, -0.15) is 0 Å². The number of carbonyl (C=O) groups is 1. The highest BCUT2D eigenvalue weighted by molar-refractivity contribution is 6.00. The number of rotatable bonds is 8. The minimum Gasteiger partial charge on any atom is -0.494 e. The molecule has 0 aliphatic rings. The predicted octanol–water partition coefficient (Wildman–Crippen LogP) is 2.84. The summed E-state index contributed by atoms with van der Waals surface area (Å²) in [5.41, 5.74) is 0.682. The van der Waals surface area contributed by atoms with Gasteiger partial charge in [-0.3, -0.25) is 14.9 Å². The number of benzene rings is 2. The summed E-state index contributed by atoms with van der Waals surface area (Å²) < 4.78 is 5.58. The zero-order valence-electron chi connectivity index (χ0n) is 13.3. The molecule has 2 rings (SSSR count). The van der Waals surface area contributed by atoms with Crippen molar-refractivity contribution in [2.24, 2.45) is 0 Å². The highest BCUT2D eigenvalue weighted by atomic mass is 16.6. The number of ether oxygens (including phenoxy) is 1. The molecule has 0 atom stereocenters. The lowest BCUT2D eigenvalue weighted by atomic mass is 10.1. The number of carbonyl (C=O) groups excluding carboxylic acids is 1. The van der Waals surface area contributed by atoms with E-state index in [4.69, 9.17) is 4.74 Å². The van der Waals surface area contributed by atoms with Crippen LogP contribution in [0.1, 0.15) is 16.8 Å². The Bertz CT molecular complexity index is 704. The van der Waals surface area contributed by atoms with E-state index in [1.54, 1.807) is 6.07 Å². The van der Waals surface area contributed by atoms with Crippen molar-refractivity contribution in [2.45, 2.75) is 6.42 Å². The second kappa shape index (κ2) is 8.52. The average Bonchev–Trinajstić information content (AvgIpc) is 2.61. The van der Waals surface area contributed by atoms with Gasteiger partial charge in [-0.1, -0.05) is 18.2 Å². The van der Waals surface area contributed by atoms with Gasteiger partial charge < -0.3 is 15.4 Å². The van der Waals surface area contributed by atoms with Crippen LogP contribution in [0.2, 0.25) is 0 Å². The number of nitrogens with one attached hydrogen (secondary N) is 2. The van der Waals surface area contributed by atoms with Crippen LogP contribution in [0, 0.1) is 10.1 Å². The fourth-order valence-corrected chi connectivity index (χ4v) is 2.12. The Morgan fingerprint density at radius 3 is 2.62 bits per heavy atom. The summed E-state index contributed by atoms with van der Waals surface area (Å²) in [5.74, 6) is 0.431. The SMILES string of the molecule is CNC(=O)c1cc([N+](=O)[O-])ccc1NCCCOc1ccccc1. The monoisotopic (exact) mass is 329 g/mol. The molecule has 7 nitrogen and oxygen atoms in total. The van der Waals surface area contributed by atoms with E-state index in [0.29, 0.717) is 18.8 Å². The molecule has 0 unspecified atom stereocenters. The summed E-state index contributed by atoms with van der Waals surface area (Å²) in [6.45, 7) is 1.11. The third-order valence-corrected chi connectivity index (χ3v) is 3.33. The van der Waals surface area contributed by atoms with Gasteiger partial charge in [-0.25, -0.2) is 0 Å². The molecule has 1 amide bonds. The van der Waals surface area contributed by atoms with Gasteiger partial charge in [0.05, 0.1) is 17.1 Å². The number of hydrogen-bond acceptors (Lipinski definition) is 5. The largest absolute Gasteiger partial charge is 0.494 e. The van der Waals surface area contributed by atoms with Gasteiger partial charge in [0.1, 0.15) is 5.75 Å². The van der Waals surface area contributed by atoms with E-state index >= 15 is 0 Å². The number of nitro groups is 1. The molecule has 0 fully saturated rings. The predicted molar refractivity (Wildman–Crippen MR) is 91.5 cm³/mol.